The molecule has 68 valence electrons. The second-order valence-electron chi connectivity index (χ2n) is 3.61. The van der Waals surface area contributed by atoms with Gasteiger partial charge in [0, 0.05) is 24.8 Å². The lowest BCUT2D eigenvalue weighted by Gasteiger charge is -2.22. The van der Waals surface area contributed by atoms with Crippen LogP contribution < -0.4 is 0 Å². The average Bonchev–Trinajstić information content (AvgIpc) is 2.92. The molecule has 12 heavy (non-hydrogen) atoms. The monoisotopic (exact) mass is 184 g/mol. The molecule has 0 aromatic heterocycles. The van der Waals surface area contributed by atoms with Crippen molar-refractivity contribution in [3.05, 3.63) is 0 Å². The Morgan fingerprint density at radius 3 is 2.83 bits per heavy atom. The van der Waals surface area contributed by atoms with Crippen molar-refractivity contribution >= 4 is 17.6 Å². The van der Waals surface area contributed by atoms with Crippen molar-refractivity contribution in [2.45, 2.75) is 19.3 Å². The molecule has 3 heteroatoms. The summed E-state index contributed by atoms with van der Waals surface area (Å²) in [5.74, 6) is 4.06. The minimum absolute atomic E-state index is 0.632. The van der Waals surface area contributed by atoms with E-state index in [0.29, 0.717) is 5.92 Å². The first kappa shape index (κ1) is 8.42. The van der Waals surface area contributed by atoms with Crippen molar-refractivity contribution in [3.8, 4) is 0 Å². The molecular formula is C9H16N2S. The molecule has 0 spiro atoms. The Morgan fingerprint density at radius 1 is 1.25 bits per heavy atom. The zero-order valence-corrected chi connectivity index (χ0v) is 8.20. The Kier molecular flexibility index (Phi) is 2.59. The summed E-state index contributed by atoms with van der Waals surface area (Å²) in [5, 5.41) is 7.91. The number of hydrogen-bond acceptors (Lipinski definition) is 2. The number of amidine groups is 1. The predicted molar refractivity (Wildman–Crippen MR) is 54.0 cm³/mol. The van der Waals surface area contributed by atoms with Gasteiger partial charge in [-0.05, 0) is 25.0 Å². The maximum Gasteiger partial charge on any atom is 0.0989 e. The van der Waals surface area contributed by atoms with Gasteiger partial charge in [0.2, 0.25) is 0 Å². The van der Waals surface area contributed by atoms with Gasteiger partial charge in [0.15, 0.2) is 0 Å². The molecule has 0 unspecified atom stereocenters. The van der Waals surface area contributed by atoms with Crippen LogP contribution in [0.1, 0.15) is 19.3 Å². The number of thioether (sulfide) groups is 1. The molecule has 1 aliphatic heterocycles. The van der Waals surface area contributed by atoms with Crippen LogP contribution in [0.5, 0.6) is 0 Å². The van der Waals surface area contributed by atoms with E-state index in [1.807, 2.05) is 11.8 Å². The fourth-order valence-corrected chi connectivity index (χ4v) is 2.49. The molecule has 1 heterocycles. The van der Waals surface area contributed by atoms with Crippen molar-refractivity contribution in [1.29, 1.82) is 5.41 Å². The summed E-state index contributed by atoms with van der Waals surface area (Å²) in [6.07, 6.45) is 3.80. The molecule has 0 radical (unpaired) electrons. The highest BCUT2D eigenvalue weighted by Gasteiger charge is 2.30. The summed E-state index contributed by atoms with van der Waals surface area (Å²) in [4.78, 5) is 2.29. The van der Waals surface area contributed by atoms with Crippen molar-refractivity contribution in [3.63, 3.8) is 0 Å². The molecule has 2 rings (SSSR count). The average molecular weight is 184 g/mol. The zero-order chi connectivity index (χ0) is 8.39. The quantitative estimate of drug-likeness (QED) is 0.497. The second-order valence-corrected chi connectivity index (χ2v) is 4.84. The third-order valence-electron chi connectivity index (χ3n) is 2.53. The van der Waals surface area contributed by atoms with E-state index in [1.165, 1.54) is 30.8 Å². The van der Waals surface area contributed by atoms with E-state index in [-0.39, 0.29) is 0 Å². The first-order chi connectivity index (χ1) is 5.88. The first-order valence-electron chi connectivity index (χ1n) is 4.79. The molecule has 0 amide bonds. The van der Waals surface area contributed by atoms with E-state index in [9.17, 15) is 0 Å². The first-order valence-corrected chi connectivity index (χ1v) is 5.94. The third kappa shape index (κ3) is 1.94. The zero-order valence-electron chi connectivity index (χ0n) is 7.38. The number of nitrogens with one attached hydrogen (secondary N) is 1. The Bertz CT molecular complexity index is 169. The van der Waals surface area contributed by atoms with E-state index in [2.05, 4.69) is 4.90 Å². The Hall–Kier alpha value is -0.180. The lowest BCUT2D eigenvalue weighted by Crippen LogP contribution is -2.33. The van der Waals surface area contributed by atoms with Crippen LogP contribution in [0, 0.1) is 11.3 Å². The van der Waals surface area contributed by atoms with Gasteiger partial charge in [-0.25, -0.2) is 0 Å². The summed E-state index contributed by atoms with van der Waals surface area (Å²) < 4.78 is 0. The molecule has 2 fully saturated rings. The van der Waals surface area contributed by atoms with Crippen molar-refractivity contribution in [1.82, 2.24) is 4.90 Å². The van der Waals surface area contributed by atoms with Crippen LogP contribution in [0.2, 0.25) is 0 Å². The number of rotatable bonds is 1. The molecule has 0 aromatic carbocycles. The van der Waals surface area contributed by atoms with E-state index in [0.717, 1.165) is 18.9 Å². The summed E-state index contributed by atoms with van der Waals surface area (Å²) in [5.41, 5.74) is 0. The van der Waals surface area contributed by atoms with Crippen LogP contribution in [0.4, 0.5) is 0 Å². The molecule has 0 bridgehead atoms. The summed E-state index contributed by atoms with van der Waals surface area (Å²) in [6.45, 7) is 2.24. The standard InChI is InChI=1S/C9H16N2S/c10-9(8-2-3-8)11-4-1-6-12-7-5-11/h8,10H,1-7H2. The van der Waals surface area contributed by atoms with Gasteiger partial charge in [0.1, 0.15) is 0 Å². The van der Waals surface area contributed by atoms with Crippen LogP contribution in [0.3, 0.4) is 0 Å². The SMILES string of the molecule is N=C(C1CC1)N1CCCSCC1. The molecule has 0 atom stereocenters. The van der Waals surface area contributed by atoms with Gasteiger partial charge in [0.25, 0.3) is 0 Å². The molecular weight excluding hydrogens is 168 g/mol. The van der Waals surface area contributed by atoms with Gasteiger partial charge in [-0.1, -0.05) is 0 Å². The maximum atomic E-state index is 7.91. The van der Waals surface area contributed by atoms with E-state index in [1.54, 1.807) is 0 Å². The van der Waals surface area contributed by atoms with Gasteiger partial charge < -0.3 is 4.90 Å². The van der Waals surface area contributed by atoms with E-state index >= 15 is 0 Å². The topological polar surface area (TPSA) is 27.1 Å². The van der Waals surface area contributed by atoms with Crippen LogP contribution in [0.15, 0.2) is 0 Å². The van der Waals surface area contributed by atoms with Gasteiger partial charge in [0.05, 0.1) is 5.84 Å². The molecule has 2 nitrogen and oxygen atoms in total. The predicted octanol–water partition coefficient (Wildman–Crippen LogP) is 1.81. The van der Waals surface area contributed by atoms with Crippen molar-refractivity contribution < 1.29 is 0 Å². The third-order valence-corrected chi connectivity index (χ3v) is 3.58. The lowest BCUT2D eigenvalue weighted by molar-refractivity contribution is 0.435. The van der Waals surface area contributed by atoms with E-state index in [4.69, 9.17) is 5.41 Å². The molecule has 1 aliphatic carbocycles. The summed E-state index contributed by atoms with van der Waals surface area (Å²) in [7, 11) is 0. The largest absolute Gasteiger partial charge is 0.359 e. The maximum absolute atomic E-state index is 7.91. The fourth-order valence-electron chi connectivity index (χ4n) is 1.60. The highest BCUT2D eigenvalue weighted by atomic mass is 32.2. The van der Waals surface area contributed by atoms with Crippen LogP contribution in [-0.2, 0) is 0 Å². The molecule has 1 N–H and O–H groups in total. The van der Waals surface area contributed by atoms with Crippen molar-refractivity contribution in [2.24, 2.45) is 5.92 Å². The highest BCUT2D eigenvalue weighted by molar-refractivity contribution is 7.99. The van der Waals surface area contributed by atoms with Gasteiger partial charge >= 0.3 is 0 Å². The van der Waals surface area contributed by atoms with Crippen molar-refractivity contribution in [2.75, 3.05) is 24.6 Å². The Morgan fingerprint density at radius 2 is 2.08 bits per heavy atom. The van der Waals surface area contributed by atoms with Gasteiger partial charge in [-0.2, -0.15) is 11.8 Å². The number of hydrogen-bond donors (Lipinski definition) is 1. The minimum Gasteiger partial charge on any atom is -0.359 e. The molecule has 1 saturated carbocycles. The highest BCUT2D eigenvalue weighted by Crippen LogP contribution is 2.31. The smallest absolute Gasteiger partial charge is 0.0989 e. The summed E-state index contributed by atoms with van der Waals surface area (Å²) in [6, 6.07) is 0. The van der Waals surface area contributed by atoms with Crippen LogP contribution >= 0.6 is 11.8 Å². The Labute approximate surface area is 78.2 Å². The van der Waals surface area contributed by atoms with Crippen LogP contribution in [-0.4, -0.2) is 35.3 Å². The summed E-state index contributed by atoms with van der Waals surface area (Å²) >= 11 is 2.03. The molecule has 1 saturated heterocycles. The van der Waals surface area contributed by atoms with Gasteiger partial charge in [-0.15, -0.1) is 0 Å². The lowest BCUT2D eigenvalue weighted by atomic mass is 10.3. The van der Waals surface area contributed by atoms with Gasteiger partial charge in [-0.3, -0.25) is 5.41 Å². The van der Waals surface area contributed by atoms with Crippen LogP contribution in [0.25, 0.3) is 0 Å². The number of nitrogens with zero attached hydrogens (tertiary/aromatic N) is 1. The normalized spacial score (nSPS) is 25.2. The Balaban J connectivity index is 1.87. The minimum atomic E-state index is 0.632. The molecule has 2 aliphatic rings. The second kappa shape index (κ2) is 3.69. The fraction of sp³-hybridized carbons (Fsp3) is 0.889. The van der Waals surface area contributed by atoms with E-state index < -0.39 is 0 Å². The molecule has 0 aromatic rings.